The summed E-state index contributed by atoms with van der Waals surface area (Å²) >= 11 is 0. The molecule has 0 aromatic heterocycles. The minimum atomic E-state index is -0.551. The third-order valence-corrected chi connectivity index (χ3v) is 2.31. The number of hydrogen-bond acceptors (Lipinski definition) is 2. The molecule has 1 rings (SSSR count). The van der Waals surface area contributed by atoms with E-state index in [1.165, 1.54) is 5.56 Å². The molecule has 0 saturated heterocycles. The van der Waals surface area contributed by atoms with Crippen molar-refractivity contribution in [3.8, 4) is 0 Å². The Morgan fingerprint density at radius 3 is 2.67 bits per heavy atom. The quantitative estimate of drug-likeness (QED) is 0.760. The van der Waals surface area contributed by atoms with Crippen LogP contribution in [-0.4, -0.2) is 24.2 Å². The second-order valence-corrected chi connectivity index (χ2v) is 3.56. The van der Waals surface area contributed by atoms with E-state index >= 15 is 0 Å². The van der Waals surface area contributed by atoms with Gasteiger partial charge in [-0.05, 0) is 18.4 Å². The Kier molecular flexibility index (Phi) is 4.84. The zero-order valence-electron chi connectivity index (χ0n) is 8.94. The van der Waals surface area contributed by atoms with Crippen LogP contribution in [0.4, 0.5) is 0 Å². The van der Waals surface area contributed by atoms with Gasteiger partial charge >= 0.3 is 0 Å². The van der Waals surface area contributed by atoms with Gasteiger partial charge in [0, 0.05) is 7.05 Å². The minimum Gasteiger partial charge on any atom is -0.393 e. The van der Waals surface area contributed by atoms with E-state index in [9.17, 15) is 9.90 Å². The topological polar surface area (TPSA) is 49.3 Å². The van der Waals surface area contributed by atoms with Gasteiger partial charge in [-0.1, -0.05) is 30.3 Å². The van der Waals surface area contributed by atoms with Crippen molar-refractivity contribution in [1.29, 1.82) is 0 Å². The molecule has 2 N–H and O–H groups in total. The fourth-order valence-corrected chi connectivity index (χ4v) is 1.40. The second-order valence-electron chi connectivity index (χ2n) is 3.56. The summed E-state index contributed by atoms with van der Waals surface area (Å²) in [7, 11) is 1.58. The van der Waals surface area contributed by atoms with Gasteiger partial charge in [-0.25, -0.2) is 0 Å². The van der Waals surface area contributed by atoms with Crippen LogP contribution in [0.5, 0.6) is 0 Å². The number of nitrogens with one attached hydrogen (secondary N) is 1. The maximum atomic E-state index is 11.0. The van der Waals surface area contributed by atoms with Crippen LogP contribution < -0.4 is 5.32 Å². The predicted molar refractivity (Wildman–Crippen MR) is 59.5 cm³/mol. The first-order chi connectivity index (χ1) is 7.22. The summed E-state index contributed by atoms with van der Waals surface area (Å²) in [5, 5.41) is 12.0. The number of aliphatic hydroxyl groups is 1. The highest BCUT2D eigenvalue weighted by Crippen LogP contribution is 2.06. The van der Waals surface area contributed by atoms with Crippen molar-refractivity contribution in [2.24, 2.45) is 0 Å². The average molecular weight is 207 g/mol. The van der Waals surface area contributed by atoms with E-state index in [-0.39, 0.29) is 12.3 Å². The predicted octanol–water partition coefficient (Wildman–Crippen LogP) is 1.12. The van der Waals surface area contributed by atoms with Crippen LogP contribution in [0.15, 0.2) is 30.3 Å². The van der Waals surface area contributed by atoms with Crippen LogP contribution in [0.1, 0.15) is 18.4 Å². The van der Waals surface area contributed by atoms with Crippen molar-refractivity contribution >= 4 is 5.91 Å². The summed E-state index contributed by atoms with van der Waals surface area (Å²) in [6.07, 6.45) is 1.06. The molecule has 3 heteroatoms. The number of carbonyl (C=O) groups excluding carboxylic acids is 1. The number of amides is 1. The van der Waals surface area contributed by atoms with Gasteiger partial charge in [-0.3, -0.25) is 4.79 Å². The fraction of sp³-hybridized carbons (Fsp3) is 0.417. The molecule has 0 spiro atoms. The number of rotatable bonds is 5. The van der Waals surface area contributed by atoms with Gasteiger partial charge in [0.05, 0.1) is 12.5 Å². The summed E-state index contributed by atoms with van der Waals surface area (Å²) in [6, 6.07) is 9.95. The first-order valence-electron chi connectivity index (χ1n) is 5.15. The lowest BCUT2D eigenvalue weighted by Gasteiger charge is -2.09. The second kappa shape index (κ2) is 6.19. The summed E-state index contributed by atoms with van der Waals surface area (Å²) in [6.45, 7) is 0. The SMILES string of the molecule is CNC(=O)C[C@@H](O)CCc1ccccc1. The van der Waals surface area contributed by atoms with Crippen LogP contribution in [0.3, 0.4) is 0 Å². The molecule has 1 aromatic rings. The fourth-order valence-electron chi connectivity index (χ4n) is 1.40. The zero-order valence-corrected chi connectivity index (χ0v) is 8.94. The van der Waals surface area contributed by atoms with Crippen molar-refractivity contribution in [1.82, 2.24) is 5.32 Å². The van der Waals surface area contributed by atoms with Gasteiger partial charge < -0.3 is 10.4 Å². The third kappa shape index (κ3) is 4.61. The van der Waals surface area contributed by atoms with Crippen molar-refractivity contribution in [2.75, 3.05) is 7.05 Å². The van der Waals surface area contributed by atoms with Gasteiger partial charge in [0.25, 0.3) is 0 Å². The maximum absolute atomic E-state index is 11.0. The van der Waals surface area contributed by atoms with Gasteiger partial charge in [-0.15, -0.1) is 0 Å². The molecule has 0 bridgehead atoms. The highest BCUT2D eigenvalue weighted by Gasteiger charge is 2.08. The van der Waals surface area contributed by atoms with Crippen molar-refractivity contribution in [2.45, 2.75) is 25.4 Å². The molecule has 1 atom stereocenters. The first-order valence-corrected chi connectivity index (χ1v) is 5.15. The lowest BCUT2D eigenvalue weighted by molar-refractivity contribution is -0.122. The van der Waals surface area contributed by atoms with Gasteiger partial charge in [-0.2, -0.15) is 0 Å². The molecule has 3 nitrogen and oxygen atoms in total. The van der Waals surface area contributed by atoms with E-state index in [0.29, 0.717) is 6.42 Å². The first kappa shape index (κ1) is 11.7. The Morgan fingerprint density at radius 2 is 2.07 bits per heavy atom. The lowest BCUT2D eigenvalue weighted by atomic mass is 10.1. The summed E-state index contributed by atoms with van der Waals surface area (Å²) in [5.41, 5.74) is 1.19. The minimum absolute atomic E-state index is 0.115. The van der Waals surface area contributed by atoms with Gasteiger partial charge in [0.2, 0.25) is 5.91 Å². The van der Waals surface area contributed by atoms with Gasteiger partial charge in [0.1, 0.15) is 0 Å². The number of aliphatic hydroxyl groups excluding tert-OH is 1. The molecule has 0 saturated carbocycles. The molecule has 0 aliphatic heterocycles. The van der Waals surface area contributed by atoms with Crippen molar-refractivity contribution in [3.05, 3.63) is 35.9 Å². The summed E-state index contributed by atoms with van der Waals surface area (Å²) in [5.74, 6) is -0.115. The van der Waals surface area contributed by atoms with Crippen molar-refractivity contribution in [3.63, 3.8) is 0 Å². The summed E-state index contributed by atoms with van der Waals surface area (Å²) < 4.78 is 0. The highest BCUT2D eigenvalue weighted by atomic mass is 16.3. The number of carbonyl (C=O) groups is 1. The molecule has 1 amide bonds. The van der Waals surface area contributed by atoms with Crippen molar-refractivity contribution < 1.29 is 9.90 Å². The van der Waals surface area contributed by atoms with Crippen LogP contribution in [0.2, 0.25) is 0 Å². The molecule has 0 aliphatic carbocycles. The number of hydrogen-bond donors (Lipinski definition) is 2. The maximum Gasteiger partial charge on any atom is 0.222 e. The standard InChI is InChI=1S/C12H17NO2/c1-13-12(15)9-11(14)8-7-10-5-3-2-4-6-10/h2-6,11,14H,7-9H2,1H3,(H,13,15)/t11-/m0/s1. The molecule has 1 aromatic carbocycles. The van der Waals surface area contributed by atoms with Crippen LogP contribution in [-0.2, 0) is 11.2 Å². The monoisotopic (exact) mass is 207 g/mol. The Balaban J connectivity index is 2.28. The van der Waals surface area contributed by atoms with Crippen LogP contribution >= 0.6 is 0 Å². The van der Waals surface area contributed by atoms with Gasteiger partial charge in [0.15, 0.2) is 0 Å². The Labute approximate surface area is 90.1 Å². The molecule has 0 fully saturated rings. The largest absolute Gasteiger partial charge is 0.393 e. The molecule has 82 valence electrons. The van der Waals surface area contributed by atoms with E-state index in [0.717, 1.165) is 6.42 Å². The lowest BCUT2D eigenvalue weighted by Crippen LogP contribution is -2.24. The highest BCUT2D eigenvalue weighted by molar-refractivity contribution is 5.75. The molecular weight excluding hydrogens is 190 g/mol. The van der Waals surface area contributed by atoms with Crippen LogP contribution in [0, 0.1) is 0 Å². The van der Waals surface area contributed by atoms with E-state index in [2.05, 4.69) is 5.32 Å². The number of benzene rings is 1. The van der Waals surface area contributed by atoms with E-state index in [4.69, 9.17) is 0 Å². The Bertz CT molecular complexity index is 298. The molecule has 0 heterocycles. The Morgan fingerprint density at radius 1 is 1.40 bits per heavy atom. The third-order valence-electron chi connectivity index (χ3n) is 2.31. The van der Waals surface area contributed by atoms with E-state index in [1.807, 2.05) is 30.3 Å². The average Bonchev–Trinajstić information content (AvgIpc) is 2.27. The van der Waals surface area contributed by atoms with E-state index in [1.54, 1.807) is 7.05 Å². The van der Waals surface area contributed by atoms with Crippen LogP contribution in [0.25, 0.3) is 0 Å². The normalized spacial score (nSPS) is 12.1. The summed E-state index contributed by atoms with van der Waals surface area (Å²) in [4.78, 5) is 11.0. The molecule has 0 aliphatic rings. The molecule has 0 unspecified atom stereocenters. The zero-order chi connectivity index (χ0) is 11.1. The molecular formula is C12H17NO2. The Hall–Kier alpha value is -1.35. The smallest absolute Gasteiger partial charge is 0.222 e. The van der Waals surface area contributed by atoms with E-state index < -0.39 is 6.10 Å². The molecule has 0 radical (unpaired) electrons. The number of aryl methyl sites for hydroxylation is 1. The molecule has 15 heavy (non-hydrogen) atoms.